The van der Waals surface area contributed by atoms with Crippen molar-refractivity contribution in [2.75, 3.05) is 32.1 Å². The van der Waals surface area contributed by atoms with Crippen LogP contribution in [0.2, 0.25) is 0 Å². The molecular formula is C15H24N2O. The van der Waals surface area contributed by atoms with Crippen LogP contribution < -0.4 is 4.90 Å². The monoisotopic (exact) mass is 248 g/mol. The van der Waals surface area contributed by atoms with E-state index in [1.165, 1.54) is 0 Å². The zero-order valence-corrected chi connectivity index (χ0v) is 12.1. The maximum absolute atomic E-state index is 12.3. The molecule has 0 spiro atoms. The number of anilines is 1. The zero-order chi connectivity index (χ0) is 13.7. The number of hydrogen-bond acceptors (Lipinski definition) is 2. The van der Waals surface area contributed by atoms with Crippen LogP contribution in [0.25, 0.3) is 0 Å². The first kappa shape index (κ1) is 14.6. The molecule has 0 aromatic heterocycles. The fourth-order valence-corrected chi connectivity index (χ4v) is 1.88. The van der Waals surface area contributed by atoms with E-state index in [1.54, 1.807) is 0 Å². The lowest BCUT2D eigenvalue weighted by Crippen LogP contribution is -2.33. The van der Waals surface area contributed by atoms with E-state index in [1.807, 2.05) is 55.1 Å². The van der Waals surface area contributed by atoms with Crippen molar-refractivity contribution in [3.63, 3.8) is 0 Å². The highest BCUT2D eigenvalue weighted by molar-refractivity contribution is 5.94. The molecule has 0 unspecified atom stereocenters. The van der Waals surface area contributed by atoms with Crippen LogP contribution in [-0.2, 0) is 0 Å². The van der Waals surface area contributed by atoms with Gasteiger partial charge < -0.3 is 9.80 Å². The summed E-state index contributed by atoms with van der Waals surface area (Å²) in [6.07, 6.45) is 0. The van der Waals surface area contributed by atoms with Crippen LogP contribution in [0.4, 0.5) is 5.69 Å². The van der Waals surface area contributed by atoms with Crippen LogP contribution in [0.5, 0.6) is 0 Å². The third-order valence-electron chi connectivity index (χ3n) is 2.89. The Morgan fingerprint density at radius 2 is 1.72 bits per heavy atom. The Balaban J connectivity index is 2.82. The maximum Gasteiger partial charge on any atom is 0.253 e. The summed E-state index contributed by atoms with van der Waals surface area (Å²) in [5.41, 5.74) is 1.88. The van der Waals surface area contributed by atoms with Gasteiger partial charge in [-0.2, -0.15) is 0 Å². The van der Waals surface area contributed by atoms with Crippen molar-refractivity contribution in [1.29, 1.82) is 0 Å². The highest BCUT2D eigenvalue weighted by Crippen LogP contribution is 2.14. The third-order valence-corrected chi connectivity index (χ3v) is 2.89. The van der Waals surface area contributed by atoms with E-state index in [4.69, 9.17) is 0 Å². The molecule has 0 aliphatic heterocycles. The van der Waals surface area contributed by atoms with E-state index in [0.29, 0.717) is 5.92 Å². The van der Waals surface area contributed by atoms with Crippen molar-refractivity contribution in [2.24, 2.45) is 5.92 Å². The fraction of sp³-hybridized carbons (Fsp3) is 0.533. The predicted molar refractivity (Wildman–Crippen MR) is 77.2 cm³/mol. The van der Waals surface area contributed by atoms with Crippen molar-refractivity contribution in [3.05, 3.63) is 29.8 Å². The molecular weight excluding hydrogens is 224 g/mol. The van der Waals surface area contributed by atoms with Crippen molar-refractivity contribution in [2.45, 2.75) is 20.8 Å². The standard InChI is InChI=1S/C15H24N2O/c1-6-17(11-12(2)3)15(18)13-7-9-14(10-8-13)16(4)5/h7-10,12H,6,11H2,1-5H3. The van der Waals surface area contributed by atoms with Crippen LogP contribution >= 0.6 is 0 Å². The van der Waals surface area contributed by atoms with Gasteiger partial charge in [0.2, 0.25) is 0 Å². The topological polar surface area (TPSA) is 23.6 Å². The van der Waals surface area contributed by atoms with Gasteiger partial charge >= 0.3 is 0 Å². The van der Waals surface area contributed by atoms with Crippen LogP contribution in [0.15, 0.2) is 24.3 Å². The number of benzene rings is 1. The molecule has 0 saturated carbocycles. The largest absolute Gasteiger partial charge is 0.378 e. The predicted octanol–water partition coefficient (Wildman–Crippen LogP) is 2.87. The summed E-state index contributed by atoms with van der Waals surface area (Å²) in [4.78, 5) is 16.2. The van der Waals surface area contributed by atoms with Gasteiger partial charge in [0.25, 0.3) is 5.91 Å². The first-order valence-corrected chi connectivity index (χ1v) is 6.52. The minimum Gasteiger partial charge on any atom is -0.378 e. The number of nitrogens with zero attached hydrogens (tertiary/aromatic N) is 2. The van der Waals surface area contributed by atoms with Gasteiger partial charge in [-0.05, 0) is 37.1 Å². The van der Waals surface area contributed by atoms with Crippen molar-refractivity contribution in [3.8, 4) is 0 Å². The van der Waals surface area contributed by atoms with Gasteiger partial charge in [-0.3, -0.25) is 4.79 Å². The minimum absolute atomic E-state index is 0.122. The molecule has 1 aromatic rings. The SMILES string of the molecule is CCN(CC(C)C)C(=O)c1ccc(N(C)C)cc1. The van der Waals surface area contributed by atoms with Crippen LogP contribution in [0.1, 0.15) is 31.1 Å². The molecule has 0 bridgehead atoms. The molecule has 0 saturated heterocycles. The third kappa shape index (κ3) is 3.76. The van der Waals surface area contributed by atoms with Gasteiger partial charge in [0.15, 0.2) is 0 Å². The molecule has 0 atom stereocenters. The lowest BCUT2D eigenvalue weighted by atomic mass is 10.1. The van der Waals surface area contributed by atoms with Gasteiger partial charge in [0.1, 0.15) is 0 Å². The summed E-state index contributed by atoms with van der Waals surface area (Å²) < 4.78 is 0. The molecule has 1 aromatic carbocycles. The van der Waals surface area contributed by atoms with Crippen molar-refractivity contribution >= 4 is 11.6 Å². The number of hydrogen-bond donors (Lipinski definition) is 0. The summed E-state index contributed by atoms with van der Waals surface area (Å²) in [6, 6.07) is 7.77. The Morgan fingerprint density at radius 3 is 2.11 bits per heavy atom. The highest BCUT2D eigenvalue weighted by atomic mass is 16.2. The summed E-state index contributed by atoms with van der Waals surface area (Å²) in [5, 5.41) is 0. The number of rotatable bonds is 5. The van der Waals surface area contributed by atoms with Crippen molar-refractivity contribution in [1.82, 2.24) is 4.90 Å². The van der Waals surface area contributed by atoms with Gasteiger partial charge in [-0.15, -0.1) is 0 Å². The van der Waals surface area contributed by atoms with Gasteiger partial charge in [0.05, 0.1) is 0 Å². The fourth-order valence-electron chi connectivity index (χ4n) is 1.88. The quantitative estimate of drug-likeness (QED) is 0.800. The lowest BCUT2D eigenvalue weighted by molar-refractivity contribution is 0.0746. The summed E-state index contributed by atoms with van der Waals surface area (Å²) in [7, 11) is 3.99. The number of carbonyl (C=O) groups excluding carboxylic acids is 1. The number of carbonyl (C=O) groups is 1. The Bertz CT molecular complexity index is 382. The van der Waals surface area contributed by atoms with Gasteiger partial charge in [-0.25, -0.2) is 0 Å². The van der Waals surface area contributed by atoms with Gasteiger partial charge in [-0.1, -0.05) is 13.8 Å². The van der Waals surface area contributed by atoms with E-state index >= 15 is 0 Å². The second-order valence-corrected chi connectivity index (χ2v) is 5.18. The normalized spacial score (nSPS) is 10.6. The van der Waals surface area contributed by atoms with Gasteiger partial charge in [0, 0.05) is 38.4 Å². The molecule has 1 rings (SSSR count). The molecule has 18 heavy (non-hydrogen) atoms. The molecule has 0 fully saturated rings. The minimum atomic E-state index is 0.122. The van der Waals surface area contributed by atoms with E-state index in [9.17, 15) is 4.79 Å². The molecule has 0 aliphatic rings. The number of amides is 1. The van der Waals surface area contributed by atoms with E-state index in [0.717, 1.165) is 24.3 Å². The molecule has 0 N–H and O–H groups in total. The summed E-state index contributed by atoms with van der Waals surface area (Å²) in [6.45, 7) is 7.85. The first-order chi connectivity index (χ1) is 8.45. The molecule has 3 heteroatoms. The Labute approximate surface area is 110 Å². The molecule has 0 radical (unpaired) electrons. The average molecular weight is 248 g/mol. The van der Waals surface area contributed by atoms with Crippen LogP contribution in [0.3, 0.4) is 0 Å². The second kappa shape index (κ2) is 6.43. The van der Waals surface area contributed by atoms with E-state index in [2.05, 4.69) is 13.8 Å². The summed E-state index contributed by atoms with van der Waals surface area (Å²) >= 11 is 0. The lowest BCUT2D eigenvalue weighted by Gasteiger charge is -2.23. The van der Waals surface area contributed by atoms with E-state index in [-0.39, 0.29) is 5.91 Å². The van der Waals surface area contributed by atoms with Crippen LogP contribution in [0, 0.1) is 5.92 Å². The first-order valence-electron chi connectivity index (χ1n) is 6.52. The Morgan fingerprint density at radius 1 is 1.17 bits per heavy atom. The van der Waals surface area contributed by atoms with E-state index < -0.39 is 0 Å². The molecule has 3 nitrogen and oxygen atoms in total. The molecule has 0 aliphatic carbocycles. The molecule has 0 heterocycles. The zero-order valence-electron chi connectivity index (χ0n) is 12.1. The molecule has 100 valence electrons. The maximum atomic E-state index is 12.3. The Hall–Kier alpha value is -1.51. The average Bonchev–Trinajstić information content (AvgIpc) is 2.35. The second-order valence-electron chi connectivity index (χ2n) is 5.18. The van der Waals surface area contributed by atoms with Crippen molar-refractivity contribution < 1.29 is 4.79 Å². The Kier molecular flexibility index (Phi) is 5.20. The summed E-state index contributed by atoms with van der Waals surface area (Å²) in [5.74, 6) is 0.617. The highest BCUT2D eigenvalue weighted by Gasteiger charge is 2.15. The van der Waals surface area contributed by atoms with Crippen LogP contribution in [-0.4, -0.2) is 38.0 Å². The molecule has 1 amide bonds. The smallest absolute Gasteiger partial charge is 0.253 e.